The highest BCUT2D eigenvalue weighted by atomic mass is 16.4. The maximum Gasteiger partial charge on any atom is 0.230 e. The molecule has 0 aromatic carbocycles. The van der Waals surface area contributed by atoms with Gasteiger partial charge < -0.3 is 25.9 Å². The second-order valence-corrected chi connectivity index (χ2v) is 5.14. The molecule has 0 bridgehead atoms. The van der Waals surface area contributed by atoms with Crippen LogP contribution in [0.15, 0.2) is 18.3 Å². The van der Waals surface area contributed by atoms with E-state index in [-0.39, 0.29) is 11.8 Å². The summed E-state index contributed by atoms with van der Waals surface area (Å²) in [7, 11) is 0. The van der Waals surface area contributed by atoms with Crippen molar-refractivity contribution in [2.24, 2.45) is 5.92 Å². The number of anilines is 2. The maximum atomic E-state index is 11.4. The lowest BCUT2D eigenvalue weighted by molar-refractivity contribution is -0.365. The fraction of sp³-hybridized carbons (Fsp3) is 0.500. The molecule has 1 aliphatic heterocycles. The van der Waals surface area contributed by atoms with Crippen LogP contribution in [0.2, 0.25) is 0 Å². The van der Waals surface area contributed by atoms with Crippen LogP contribution in [0.4, 0.5) is 11.5 Å². The number of nitrogens with zero attached hydrogens (tertiary/aromatic N) is 2. The Kier molecular flexibility index (Phi) is 5.10. The molecule has 0 unspecified atom stereocenters. The molecule has 4 N–H and O–H groups in total. The van der Waals surface area contributed by atoms with Crippen LogP contribution in [0.3, 0.4) is 0 Å². The first-order valence-corrected chi connectivity index (χ1v) is 7.11. The number of quaternary nitrogens is 1. The third-order valence-electron chi connectivity index (χ3n) is 3.59. The normalized spacial score (nSPS) is 15.8. The first kappa shape index (κ1) is 15.2. The Morgan fingerprint density at radius 3 is 2.62 bits per heavy atom. The van der Waals surface area contributed by atoms with Crippen molar-refractivity contribution in [1.29, 1.82) is 0 Å². The molecule has 2 rings (SSSR count). The number of carbonyl (C=O) groups is 2. The van der Waals surface area contributed by atoms with E-state index < -0.39 is 5.97 Å². The Morgan fingerprint density at radius 1 is 1.38 bits per heavy atom. The van der Waals surface area contributed by atoms with Crippen molar-refractivity contribution in [2.75, 3.05) is 29.9 Å². The Labute approximate surface area is 123 Å². The Morgan fingerprint density at radius 2 is 2.10 bits per heavy atom. The summed E-state index contributed by atoms with van der Waals surface area (Å²) in [5.74, 6) is -0.607. The predicted octanol–water partition coefficient (Wildman–Crippen LogP) is -1.38. The molecule has 2 heterocycles. The average Bonchev–Trinajstić information content (AvgIpc) is 2.48. The largest absolute Gasteiger partial charge is 0.550 e. The number of rotatable bonds is 5. The van der Waals surface area contributed by atoms with Crippen LogP contribution in [0.1, 0.15) is 19.3 Å². The lowest BCUT2D eigenvalue weighted by Gasteiger charge is -2.33. The number of hydrogen-bond donors (Lipinski definition) is 2. The number of aliphatic carboxylic acids is 1. The molecule has 0 atom stereocenters. The minimum atomic E-state index is -0.967. The van der Waals surface area contributed by atoms with Crippen molar-refractivity contribution in [2.45, 2.75) is 19.3 Å². The SMILES string of the molecule is [NH3+]CCC(=O)Nc1ccc(N2CCC(C(=O)[O-])CC2)nc1. The number of piperidine rings is 1. The van der Waals surface area contributed by atoms with Gasteiger partial charge in [0.05, 0.1) is 24.8 Å². The Bertz CT molecular complexity index is 495. The van der Waals surface area contributed by atoms with Crippen molar-refractivity contribution in [3.05, 3.63) is 18.3 Å². The van der Waals surface area contributed by atoms with Crippen LogP contribution in [-0.2, 0) is 9.59 Å². The molecule has 0 radical (unpaired) electrons. The number of carbonyl (C=O) groups excluding carboxylic acids is 2. The van der Waals surface area contributed by atoms with Gasteiger partial charge in [0.25, 0.3) is 0 Å². The lowest BCUT2D eigenvalue weighted by Crippen LogP contribution is -2.51. The topological polar surface area (TPSA) is 113 Å². The van der Waals surface area contributed by atoms with Gasteiger partial charge in [0.1, 0.15) is 5.82 Å². The zero-order chi connectivity index (χ0) is 15.2. The number of nitrogens with one attached hydrogen (secondary N) is 1. The summed E-state index contributed by atoms with van der Waals surface area (Å²) in [5.41, 5.74) is 4.29. The third-order valence-corrected chi connectivity index (χ3v) is 3.59. The smallest absolute Gasteiger partial charge is 0.230 e. The molecule has 0 spiro atoms. The standard InChI is InChI=1S/C14H20N4O3/c15-6-3-13(19)17-11-1-2-12(16-9-11)18-7-4-10(5-8-18)14(20)21/h1-2,9-10H,3-8,15H2,(H,17,19)(H,20,21). The monoisotopic (exact) mass is 292 g/mol. The highest BCUT2D eigenvalue weighted by molar-refractivity contribution is 5.90. The molecule has 7 nitrogen and oxygen atoms in total. The minimum absolute atomic E-state index is 0.0747. The van der Waals surface area contributed by atoms with Gasteiger partial charge in [-0.2, -0.15) is 0 Å². The summed E-state index contributed by atoms with van der Waals surface area (Å²) in [6.45, 7) is 1.86. The van der Waals surface area contributed by atoms with E-state index in [0.717, 1.165) is 5.82 Å². The molecule has 1 saturated heterocycles. The van der Waals surface area contributed by atoms with Gasteiger partial charge in [-0.25, -0.2) is 4.98 Å². The summed E-state index contributed by atoms with van der Waals surface area (Å²) in [5, 5.41) is 13.6. The summed E-state index contributed by atoms with van der Waals surface area (Å²) in [4.78, 5) is 28.6. The number of carboxylic acid groups (broad SMARTS) is 1. The molecule has 7 heteroatoms. The van der Waals surface area contributed by atoms with Gasteiger partial charge in [-0.3, -0.25) is 4.79 Å². The van der Waals surface area contributed by atoms with Gasteiger partial charge in [0.15, 0.2) is 0 Å². The summed E-state index contributed by atoms with van der Waals surface area (Å²) in [6, 6.07) is 3.63. The number of hydrogen-bond acceptors (Lipinski definition) is 5. The number of aromatic nitrogens is 1. The fourth-order valence-electron chi connectivity index (χ4n) is 2.38. The molecule has 1 amide bonds. The second kappa shape index (κ2) is 7.03. The highest BCUT2D eigenvalue weighted by Gasteiger charge is 2.20. The molecule has 0 saturated carbocycles. The highest BCUT2D eigenvalue weighted by Crippen LogP contribution is 2.22. The first-order valence-electron chi connectivity index (χ1n) is 7.11. The van der Waals surface area contributed by atoms with E-state index in [4.69, 9.17) is 0 Å². The van der Waals surface area contributed by atoms with Gasteiger partial charge in [-0.05, 0) is 25.0 Å². The number of pyridine rings is 1. The van der Waals surface area contributed by atoms with Crippen molar-refractivity contribution in [1.82, 2.24) is 4.98 Å². The van der Waals surface area contributed by atoms with E-state index in [2.05, 4.69) is 16.0 Å². The molecule has 1 aromatic rings. The van der Waals surface area contributed by atoms with Gasteiger partial charge in [0.2, 0.25) is 5.91 Å². The Balaban J connectivity index is 1.91. The van der Waals surface area contributed by atoms with E-state index >= 15 is 0 Å². The fourth-order valence-corrected chi connectivity index (χ4v) is 2.38. The van der Waals surface area contributed by atoms with Crippen molar-refractivity contribution in [3.63, 3.8) is 0 Å². The molecule has 1 aromatic heterocycles. The lowest BCUT2D eigenvalue weighted by atomic mass is 9.97. The van der Waals surface area contributed by atoms with Gasteiger partial charge >= 0.3 is 0 Å². The van der Waals surface area contributed by atoms with E-state index in [1.165, 1.54) is 0 Å². The van der Waals surface area contributed by atoms with Crippen molar-refractivity contribution in [3.8, 4) is 0 Å². The molecular weight excluding hydrogens is 272 g/mol. The molecule has 114 valence electrons. The van der Waals surface area contributed by atoms with Crippen LogP contribution in [-0.4, -0.2) is 36.5 Å². The van der Waals surface area contributed by atoms with E-state index in [0.29, 0.717) is 44.6 Å². The first-order chi connectivity index (χ1) is 10.1. The van der Waals surface area contributed by atoms with Crippen LogP contribution in [0.5, 0.6) is 0 Å². The van der Waals surface area contributed by atoms with E-state index in [1.807, 2.05) is 11.0 Å². The van der Waals surface area contributed by atoms with Crippen molar-refractivity contribution >= 4 is 23.4 Å². The van der Waals surface area contributed by atoms with E-state index in [1.54, 1.807) is 12.3 Å². The molecule has 1 aliphatic rings. The zero-order valence-corrected chi connectivity index (χ0v) is 11.9. The van der Waals surface area contributed by atoms with Crippen LogP contribution in [0.25, 0.3) is 0 Å². The van der Waals surface area contributed by atoms with Crippen LogP contribution < -0.4 is 21.1 Å². The summed E-state index contributed by atoms with van der Waals surface area (Å²) < 4.78 is 0. The van der Waals surface area contributed by atoms with Crippen molar-refractivity contribution < 1.29 is 20.4 Å². The summed E-state index contributed by atoms with van der Waals surface area (Å²) in [6.07, 6.45) is 3.15. The van der Waals surface area contributed by atoms with Gasteiger partial charge in [0, 0.05) is 25.0 Å². The summed E-state index contributed by atoms with van der Waals surface area (Å²) >= 11 is 0. The molecule has 1 fully saturated rings. The van der Waals surface area contributed by atoms with Crippen LogP contribution >= 0.6 is 0 Å². The zero-order valence-electron chi connectivity index (χ0n) is 11.9. The number of amides is 1. The minimum Gasteiger partial charge on any atom is -0.550 e. The van der Waals surface area contributed by atoms with Gasteiger partial charge in [-0.15, -0.1) is 0 Å². The molecule has 0 aliphatic carbocycles. The number of carboxylic acids is 1. The predicted molar refractivity (Wildman–Crippen MR) is 75.2 cm³/mol. The molecular formula is C14H20N4O3. The maximum absolute atomic E-state index is 11.4. The second-order valence-electron chi connectivity index (χ2n) is 5.14. The molecule has 21 heavy (non-hydrogen) atoms. The van der Waals surface area contributed by atoms with E-state index in [9.17, 15) is 14.7 Å². The van der Waals surface area contributed by atoms with Gasteiger partial charge in [-0.1, -0.05) is 0 Å². The van der Waals surface area contributed by atoms with Crippen LogP contribution in [0, 0.1) is 5.92 Å². The third kappa shape index (κ3) is 4.16. The average molecular weight is 292 g/mol. The Hall–Kier alpha value is -2.15. The quantitative estimate of drug-likeness (QED) is 0.694.